The zero-order chi connectivity index (χ0) is 17.0. The number of rotatable bonds is 6. The Morgan fingerprint density at radius 3 is 2.70 bits per heavy atom. The number of amides is 1. The molecule has 0 bridgehead atoms. The Balaban J connectivity index is 2.23. The smallest absolute Gasteiger partial charge is 0.305 e. The fraction of sp³-hybridized carbons (Fsp3) is 0.375. The summed E-state index contributed by atoms with van der Waals surface area (Å²) in [7, 11) is 0. The average Bonchev–Trinajstić information content (AvgIpc) is 3.00. The Hall–Kier alpha value is -2.70. The third-order valence-corrected chi connectivity index (χ3v) is 3.99. The predicted octanol–water partition coefficient (Wildman–Crippen LogP) is 1.89. The van der Waals surface area contributed by atoms with E-state index < -0.39 is 11.5 Å². The van der Waals surface area contributed by atoms with Gasteiger partial charge in [-0.2, -0.15) is 0 Å². The Kier molecular flexibility index (Phi) is 4.78. The number of hydrogen-bond acceptors (Lipinski definition) is 4. The Morgan fingerprint density at radius 2 is 2.13 bits per heavy atom. The van der Waals surface area contributed by atoms with Gasteiger partial charge in [0.05, 0.1) is 30.0 Å². The molecule has 0 aliphatic rings. The molecule has 1 heterocycles. The summed E-state index contributed by atoms with van der Waals surface area (Å²) in [5, 5.41) is 19.6. The van der Waals surface area contributed by atoms with Crippen molar-refractivity contribution < 1.29 is 14.7 Å². The molecule has 1 atom stereocenters. The molecule has 1 aromatic carbocycles. The van der Waals surface area contributed by atoms with Gasteiger partial charge < -0.3 is 10.4 Å². The lowest BCUT2D eigenvalue weighted by molar-refractivity contribution is -0.138. The Morgan fingerprint density at radius 1 is 1.39 bits per heavy atom. The SMILES string of the molecule is CC(C)C(C)(CC(=O)O)NC(=O)c1cccc(-n2ccnn2)c1. The summed E-state index contributed by atoms with van der Waals surface area (Å²) in [6, 6.07) is 6.92. The van der Waals surface area contributed by atoms with E-state index in [9.17, 15) is 9.59 Å². The van der Waals surface area contributed by atoms with Gasteiger partial charge in [-0.15, -0.1) is 5.10 Å². The number of benzene rings is 1. The van der Waals surface area contributed by atoms with Gasteiger partial charge in [0.2, 0.25) is 0 Å². The van der Waals surface area contributed by atoms with Crippen molar-refractivity contribution in [3.63, 3.8) is 0 Å². The molecule has 2 rings (SSSR count). The minimum Gasteiger partial charge on any atom is -0.481 e. The molecule has 0 fully saturated rings. The highest BCUT2D eigenvalue weighted by molar-refractivity contribution is 5.95. The van der Waals surface area contributed by atoms with Crippen molar-refractivity contribution in [2.24, 2.45) is 5.92 Å². The van der Waals surface area contributed by atoms with Crippen molar-refractivity contribution in [2.45, 2.75) is 32.7 Å². The number of nitrogens with zero attached hydrogens (tertiary/aromatic N) is 3. The third kappa shape index (κ3) is 3.94. The molecule has 7 heteroatoms. The van der Waals surface area contributed by atoms with Crippen LogP contribution in [0.15, 0.2) is 36.7 Å². The summed E-state index contributed by atoms with van der Waals surface area (Å²) in [6.45, 7) is 5.51. The molecule has 0 spiro atoms. The van der Waals surface area contributed by atoms with Crippen molar-refractivity contribution in [3.8, 4) is 5.69 Å². The summed E-state index contributed by atoms with van der Waals surface area (Å²) >= 11 is 0. The van der Waals surface area contributed by atoms with Gasteiger partial charge in [0.25, 0.3) is 5.91 Å². The molecule has 23 heavy (non-hydrogen) atoms. The highest BCUT2D eigenvalue weighted by Crippen LogP contribution is 2.22. The first-order chi connectivity index (χ1) is 10.8. The minimum absolute atomic E-state index is 0.0268. The van der Waals surface area contributed by atoms with Crippen LogP contribution in [0, 0.1) is 5.92 Å². The molecule has 0 aliphatic carbocycles. The van der Waals surface area contributed by atoms with E-state index in [-0.39, 0.29) is 18.2 Å². The van der Waals surface area contributed by atoms with Crippen LogP contribution in [-0.2, 0) is 4.79 Å². The fourth-order valence-corrected chi connectivity index (χ4v) is 2.17. The standard InChI is InChI=1S/C16H20N4O3/c1-11(2)16(3,10-14(21)22)18-15(23)12-5-4-6-13(9-12)20-8-7-17-19-20/h4-9,11H,10H2,1-3H3,(H,18,23)(H,21,22). The first kappa shape index (κ1) is 16.7. The molecule has 2 aromatic rings. The lowest BCUT2D eigenvalue weighted by Gasteiger charge is -2.33. The number of carbonyl (C=O) groups is 2. The van der Waals surface area contributed by atoms with Gasteiger partial charge in [-0.1, -0.05) is 25.1 Å². The predicted molar refractivity (Wildman–Crippen MR) is 84.3 cm³/mol. The maximum absolute atomic E-state index is 12.5. The van der Waals surface area contributed by atoms with E-state index in [1.807, 2.05) is 19.9 Å². The summed E-state index contributed by atoms with van der Waals surface area (Å²) in [5.74, 6) is -1.29. The summed E-state index contributed by atoms with van der Waals surface area (Å²) < 4.78 is 1.55. The highest BCUT2D eigenvalue weighted by Gasteiger charge is 2.33. The number of carbonyl (C=O) groups excluding carboxylic acids is 1. The van der Waals surface area contributed by atoms with E-state index in [4.69, 9.17) is 5.11 Å². The van der Waals surface area contributed by atoms with Crippen LogP contribution in [0.1, 0.15) is 37.6 Å². The third-order valence-electron chi connectivity index (χ3n) is 3.99. The number of carboxylic acid groups (broad SMARTS) is 1. The normalized spacial score (nSPS) is 13.6. The van der Waals surface area contributed by atoms with Gasteiger partial charge in [0.15, 0.2) is 0 Å². The molecule has 0 radical (unpaired) electrons. The molecule has 0 aliphatic heterocycles. The van der Waals surface area contributed by atoms with Gasteiger partial charge >= 0.3 is 5.97 Å². The van der Waals surface area contributed by atoms with Crippen LogP contribution in [0.25, 0.3) is 5.69 Å². The minimum atomic E-state index is -0.946. The Bertz CT molecular complexity index is 697. The van der Waals surface area contributed by atoms with Crippen LogP contribution in [-0.4, -0.2) is 37.5 Å². The molecule has 1 amide bonds. The van der Waals surface area contributed by atoms with Crippen molar-refractivity contribution in [3.05, 3.63) is 42.2 Å². The zero-order valence-electron chi connectivity index (χ0n) is 13.4. The number of carboxylic acids is 1. The van der Waals surface area contributed by atoms with Crippen LogP contribution in [0.4, 0.5) is 0 Å². The van der Waals surface area contributed by atoms with Crippen LogP contribution < -0.4 is 5.32 Å². The lowest BCUT2D eigenvalue weighted by Crippen LogP contribution is -2.51. The van der Waals surface area contributed by atoms with Crippen LogP contribution in [0.5, 0.6) is 0 Å². The first-order valence-electron chi connectivity index (χ1n) is 7.33. The maximum Gasteiger partial charge on any atom is 0.305 e. The largest absolute Gasteiger partial charge is 0.481 e. The Labute approximate surface area is 134 Å². The zero-order valence-corrected chi connectivity index (χ0v) is 13.4. The van der Waals surface area contributed by atoms with E-state index in [0.717, 1.165) is 0 Å². The second kappa shape index (κ2) is 6.60. The van der Waals surface area contributed by atoms with Gasteiger partial charge in [0, 0.05) is 5.56 Å². The second-order valence-corrected chi connectivity index (χ2v) is 5.99. The molecule has 0 saturated heterocycles. The van der Waals surface area contributed by atoms with Gasteiger partial charge in [-0.05, 0) is 31.0 Å². The van der Waals surface area contributed by atoms with E-state index >= 15 is 0 Å². The van der Waals surface area contributed by atoms with E-state index in [1.54, 1.807) is 42.2 Å². The highest BCUT2D eigenvalue weighted by atomic mass is 16.4. The number of nitrogens with one attached hydrogen (secondary N) is 1. The van der Waals surface area contributed by atoms with E-state index in [1.165, 1.54) is 0 Å². The quantitative estimate of drug-likeness (QED) is 0.848. The van der Waals surface area contributed by atoms with E-state index in [2.05, 4.69) is 15.6 Å². The number of hydrogen-bond donors (Lipinski definition) is 2. The summed E-state index contributed by atoms with van der Waals surface area (Å²) in [4.78, 5) is 23.6. The summed E-state index contributed by atoms with van der Waals surface area (Å²) in [5.41, 5.74) is 0.321. The van der Waals surface area contributed by atoms with Gasteiger partial charge in [-0.3, -0.25) is 9.59 Å². The van der Waals surface area contributed by atoms with Gasteiger partial charge in [0.1, 0.15) is 0 Å². The molecule has 122 valence electrons. The first-order valence-corrected chi connectivity index (χ1v) is 7.33. The lowest BCUT2D eigenvalue weighted by atomic mass is 9.85. The monoisotopic (exact) mass is 316 g/mol. The van der Waals surface area contributed by atoms with Crippen LogP contribution >= 0.6 is 0 Å². The van der Waals surface area contributed by atoms with Crippen molar-refractivity contribution in [2.75, 3.05) is 0 Å². The maximum atomic E-state index is 12.5. The topological polar surface area (TPSA) is 97.1 Å². The average molecular weight is 316 g/mol. The van der Waals surface area contributed by atoms with Crippen molar-refractivity contribution in [1.29, 1.82) is 0 Å². The molecule has 7 nitrogen and oxygen atoms in total. The molecule has 0 saturated carbocycles. The molecular weight excluding hydrogens is 296 g/mol. The fourth-order valence-electron chi connectivity index (χ4n) is 2.17. The van der Waals surface area contributed by atoms with E-state index in [0.29, 0.717) is 11.3 Å². The van der Waals surface area contributed by atoms with Crippen molar-refractivity contribution >= 4 is 11.9 Å². The van der Waals surface area contributed by atoms with Crippen LogP contribution in [0.3, 0.4) is 0 Å². The molecule has 1 aromatic heterocycles. The summed E-state index contributed by atoms with van der Waals surface area (Å²) in [6.07, 6.45) is 3.09. The second-order valence-electron chi connectivity index (χ2n) is 5.99. The molecule has 2 N–H and O–H groups in total. The molecule has 1 unspecified atom stereocenters. The van der Waals surface area contributed by atoms with Crippen LogP contribution in [0.2, 0.25) is 0 Å². The van der Waals surface area contributed by atoms with Crippen molar-refractivity contribution in [1.82, 2.24) is 20.3 Å². The molecular formula is C16H20N4O3. The van der Waals surface area contributed by atoms with Gasteiger partial charge in [-0.25, -0.2) is 4.68 Å². The number of aliphatic carboxylic acids is 1. The number of aromatic nitrogens is 3.